The van der Waals surface area contributed by atoms with Gasteiger partial charge in [-0.3, -0.25) is 5.32 Å². The second-order valence-corrected chi connectivity index (χ2v) is 11.8. The summed E-state index contributed by atoms with van der Waals surface area (Å²) in [6.45, 7) is 8.99. The summed E-state index contributed by atoms with van der Waals surface area (Å²) in [7, 11) is 1.60. The van der Waals surface area contributed by atoms with Crippen molar-refractivity contribution in [2.75, 3.05) is 48.9 Å². The van der Waals surface area contributed by atoms with Crippen molar-refractivity contribution in [2.45, 2.75) is 38.6 Å². The number of para-hydroxylation sites is 2. The molecule has 0 radical (unpaired) electrons. The van der Waals surface area contributed by atoms with Crippen LogP contribution in [0.1, 0.15) is 38.9 Å². The Morgan fingerprint density at radius 2 is 1.84 bits per heavy atom. The highest BCUT2D eigenvalue weighted by molar-refractivity contribution is 6.07. The van der Waals surface area contributed by atoms with Crippen LogP contribution in [-0.2, 0) is 10.2 Å². The number of methoxy groups -OCH3 is 1. The molecule has 0 aliphatic carbocycles. The molecule has 4 aromatic rings. The van der Waals surface area contributed by atoms with Gasteiger partial charge in [-0.25, -0.2) is 14.5 Å². The molecule has 0 saturated heterocycles. The Kier molecular flexibility index (Phi) is 8.15. The summed E-state index contributed by atoms with van der Waals surface area (Å²) < 4.78 is 19.1. The zero-order valence-corrected chi connectivity index (χ0v) is 25.5. The summed E-state index contributed by atoms with van der Waals surface area (Å²) in [4.78, 5) is 20.0. The summed E-state index contributed by atoms with van der Waals surface area (Å²) in [5.41, 5.74) is 2.44. The minimum atomic E-state index is -0.364. The predicted octanol–water partition coefficient (Wildman–Crippen LogP) is 6.76. The molecule has 2 aliphatic heterocycles. The van der Waals surface area contributed by atoms with Crippen LogP contribution in [0.15, 0.2) is 83.7 Å². The lowest BCUT2D eigenvalue weighted by Gasteiger charge is -2.31. The van der Waals surface area contributed by atoms with Crippen LogP contribution in [0.4, 0.5) is 22.0 Å². The Morgan fingerprint density at radius 3 is 2.61 bits per heavy atom. The van der Waals surface area contributed by atoms with Gasteiger partial charge in [-0.2, -0.15) is 5.10 Å². The summed E-state index contributed by atoms with van der Waals surface area (Å²) in [5.74, 6) is 2.83. The first-order valence-corrected chi connectivity index (χ1v) is 14.9. The summed E-state index contributed by atoms with van der Waals surface area (Å²) in [6, 6.07) is 21.2. The van der Waals surface area contributed by atoms with Crippen LogP contribution in [0.2, 0.25) is 0 Å². The van der Waals surface area contributed by atoms with Gasteiger partial charge in [0.15, 0.2) is 0 Å². The molecule has 1 aromatic heterocycles. The lowest BCUT2D eigenvalue weighted by atomic mass is 9.92. The van der Waals surface area contributed by atoms with Crippen LogP contribution in [0.3, 0.4) is 0 Å². The van der Waals surface area contributed by atoms with Gasteiger partial charge in [-0.1, -0.05) is 57.2 Å². The van der Waals surface area contributed by atoms with Crippen molar-refractivity contribution in [3.05, 3.63) is 84.4 Å². The fourth-order valence-corrected chi connectivity index (χ4v) is 5.40. The first-order valence-electron chi connectivity index (χ1n) is 14.9. The third kappa shape index (κ3) is 6.20. The molecule has 0 bridgehead atoms. The number of amides is 2. The highest BCUT2D eigenvalue weighted by atomic mass is 16.5. The molecule has 2 amide bonds. The number of hydrogen-bond donors (Lipinski definition) is 2. The van der Waals surface area contributed by atoms with Crippen molar-refractivity contribution in [2.24, 2.45) is 4.99 Å². The normalized spacial score (nSPS) is 16.1. The lowest BCUT2D eigenvalue weighted by Crippen LogP contribution is -2.35. The zero-order chi connectivity index (χ0) is 30.7. The Labute approximate surface area is 257 Å². The topological polar surface area (TPSA) is 102 Å². The quantitative estimate of drug-likeness (QED) is 0.234. The van der Waals surface area contributed by atoms with Gasteiger partial charge in [0.2, 0.25) is 5.88 Å². The molecule has 2 N–H and O–H groups in total. The Bertz CT molecular complexity index is 1720. The number of benzene rings is 3. The smallest absolute Gasteiger partial charge is 0.324 e. The molecular formula is C34H38N6O4. The van der Waals surface area contributed by atoms with E-state index in [1.807, 2.05) is 71.4 Å². The number of aliphatic imine (C=N–C) groups is 1. The number of nitrogens with one attached hydrogen (secondary N) is 2. The fourth-order valence-electron chi connectivity index (χ4n) is 5.40. The Balaban J connectivity index is 1.16. The Hall–Kier alpha value is -4.99. The van der Waals surface area contributed by atoms with Crippen molar-refractivity contribution >= 4 is 40.2 Å². The molecule has 228 valence electrons. The third-order valence-corrected chi connectivity index (χ3v) is 7.75. The summed E-state index contributed by atoms with van der Waals surface area (Å²) in [6.07, 6.45) is 4.37. The number of urea groups is 1. The number of hydrogen-bond acceptors (Lipinski definition) is 7. The molecule has 0 fully saturated rings. The average molecular weight is 595 g/mol. The zero-order valence-electron chi connectivity index (χ0n) is 25.5. The van der Waals surface area contributed by atoms with Gasteiger partial charge in [0.05, 0.1) is 43.3 Å². The number of fused-ring (bicyclic) bond motifs is 2. The molecule has 0 spiro atoms. The maximum atomic E-state index is 13.4. The van der Waals surface area contributed by atoms with Crippen molar-refractivity contribution in [3.8, 4) is 11.5 Å². The first-order chi connectivity index (χ1) is 21.3. The maximum absolute atomic E-state index is 13.4. The highest BCUT2D eigenvalue weighted by Crippen LogP contribution is 2.34. The number of carbonyl (C=O) groups is 1. The first kappa shape index (κ1) is 29.1. The number of aromatic nitrogens is 2. The van der Waals surface area contributed by atoms with Gasteiger partial charge < -0.3 is 24.4 Å². The van der Waals surface area contributed by atoms with E-state index in [9.17, 15) is 4.79 Å². The monoisotopic (exact) mass is 594 g/mol. The molecule has 44 heavy (non-hydrogen) atoms. The average Bonchev–Trinajstić information content (AvgIpc) is 3.46. The molecule has 6 rings (SSSR count). The number of anilines is 3. The molecule has 1 atom stereocenters. The van der Waals surface area contributed by atoms with Crippen LogP contribution < -0.4 is 25.0 Å². The largest absolute Gasteiger partial charge is 0.491 e. The van der Waals surface area contributed by atoms with Gasteiger partial charge in [0.1, 0.15) is 30.5 Å². The molecule has 10 heteroatoms. The van der Waals surface area contributed by atoms with Gasteiger partial charge in [-0.15, -0.1) is 0 Å². The second-order valence-electron chi connectivity index (χ2n) is 11.8. The van der Waals surface area contributed by atoms with Crippen molar-refractivity contribution in [1.29, 1.82) is 0 Å². The predicted molar refractivity (Wildman–Crippen MR) is 174 cm³/mol. The van der Waals surface area contributed by atoms with E-state index in [1.54, 1.807) is 13.3 Å². The lowest BCUT2D eigenvalue weighted by molar-refractivity contribution is 0.262. The van der Waals surface area contributed by atoms with Gasteiger partial charge in [0.25, 0.3) is 0 Å². The Morgan fingerprint density at radius 1 is 1.05 bits per heavy atom. The minimum Gasteiger partial charge on any atom is -0.491 e. The molecule has 2 aliphatic rings. The molecule has 0 saturated carbocycles. The molecule has 1 unspecified atom stereocenters. The third-order valence-electron chi connectivity index (χ3n) is 7.75. The van der Waals surface area contributed by atoms with E-state index in [2.05, 4.69) is 47.4 Å². The van der Waals surface area contributed by atoms with Gasteiger partial charge in [-0.05, 0) is 36.8 Å². The van der Waals surface area contributed by atoms with E-state index >= 15 is 0 Å². The fraction of sp³-hybridized carbons (Fsp3) is 0.324. The minimum absolute atomic E-state index is 0.150. The van der Waals surface area contributed by atoms with Crippen LogP contribution >= 0.6 is 0 Å². The van der Waals surface area contributed by atoms with E-state index in [4.69, 9.17) is 19.3 Å². The second kappa shape index (κ2) is 12.3. The number of carbonyl (C=O) groups excluding carboxylic acids is 1. The summed E-state index contributed by atoms with van der Waals surface area (Å²) in [5, 5.41) is 12.7. The van der Waals surface area contributed by atoms with Gasteiger partial charge in [0, 0.05) is 28.5 Å². The number of nitrogens with zero attached hydrogens (tertiary/aromatic N) is 4. The number of allylic oxidation sites excluding steroid dienone is 1. The standard InChI is InChI=1S/C34H38N6O4/c1-34(2,3)30-21-31(40(38-30)23-13-16-32(42-4)35-22-23)37-33(41)36-26-14-15-28(25-10-6-5-9-24(25)26)43-19-17-39-18-20-44-29-12-8-7-11-27(29)39/h5-12,14-16,21-23H,13,17-20H2,1-4H3,(H2,36,37,41). The molecule has 10 nitrogen and oxygen atoms in total. The van der Waals surface area contributed by atoms with Crippen LogP contribution in [0, 0.1) is 0 Å². The van der Waals surface area contributed by atoms with E-state index in [1.165, 1.54) is 0 Å². The van der Waals surface area contributed by atoms with Crippen LogP contribution in [0.25, 0.3) is 10.8 Å². The maximum Gasteiger partial charge on any atom is 0.324 e. The summed E-state index contributed by atoms with van der Waals surface area (Å²) >= 11 is 0. The SMILES string of the molecule is COC1=CCC(n2nc(C(C)(C)C)cc2NC(=O)Nc2ccc(OCCN3CCOc4ccccc43)c3ccccc23)C=N1. The van der Waals surface area contributed by atoms with Crippen LogP contribution in [-0.4, -0.2) is 55.4 Å². The van der Waals surface area contributed by atoms with E-state index in [-0.39, 0.29) is 17.5 Å². The van der Waals surface area contributed by atoms with Crippen LogP contribution in [0.5, 0.6) is 11.5 Å². The van der Waals surface area contributed by atoms with E-state index < -0.39 is 0 Å². The molecular weight excluding hydrogens is 556 g/mol. The van der Waals surface area contributed by atoms with Crippen molar-refractivity contribution < 1.29 is 19.0 Å². The van der Waals surface area contributed by atoms with E-state index in [0.29, 0.717) is 37.0 Å². The highest BCUT2D eigenvalue weighted by Gasteiger charge is 2.25. The van der Waals surface area contributed by atoms with Crippen molar-refractivity contribution in [3.63, 3.8) is 0 Å². The van der Waals surface area contributed by atoms with E-state index in [0.717, 1.165) is 46.7 Å². The number of ether oxygens (including phenoxy) is 3. The molecule has 3 aromatic carbocycles. The number of rotatable bonds is 8. The van der Waals surface area contributed by atoms with Crippen molar-refractivity contribution in [1.82, 2.24) is 9.78 Å². The van der Waals surface area contributed by atoms with Gasteiger partial charge >= 0.3 is 6.03 Å². The molecule has 3 heterocycles.